The number of anilines is 1. The quantitative estimate of drug-likeness (QED) is 0.876. The molecular formula is C20H28N2O4. The van der Waals surface area contributed by atoms with Crippen molar-refractivity contribution in [2.45, 2.75) is 39.5 Å². The molecule has 2 amide bonds. The SMILES string of the molecule is CCN(CC)C(=O)C1CCC(C(=O)Nc2ccc3c(c2)OCCO3)CC1. The fraction of sp³-hybridized carbons (Fsp3) is 0.600. The Balaban J connectivity index is 1.53. The van der Waals surface area contributed by atoms with Gasteiger partial charge in [-0.2, -0.15) is 0 Å². The van der Waals surface area contributed by atoms with E-state index < -0.39 is 0 Å². The number of benzene rings is 1. The Morgan fingerprint density at radius 3 is 2.27 bits per heavy atom. The van der Waals surface area contributed by atoms with E-state index in [1.54, 1.807) is 0 Å². The van der Waals surface area contributed by atoms with E-state index in [0.717, 1.165) is 44.5 Å². The number of rotatable bonds is 5. The van der Waals surface area contributed by atoms with E-state index in [1.165, 1.54) is 0 Å². The molecule has 0 unspecified atom stereocenters. The molecule has 3 rings (SSSR count). The second-order valence-electron chi connectivity index (χ2n) is 6.91. The van der Waals surface area contributed by atoms with Gasteiger partial charge in [0, 0.05) is 36.7 Å². The van der Waals surface area contributed by atoms with Gasteiger partial charge in [-0.05, 0) is 51.7 Å². The molecule has 1 aliphatic heterocycles. The number of nitrogens with zero attached hydrogens (tertiary/aromatic N) is 1. The van der Waals surface area contributed by atoms with Crippen LogP contribution in [0.3, 0.4) is 0 Å². The van der Waals surface area contributed by atoms with Gasteiger partial charge in [0.15, 0.2) is 11.5 Å². The second kappa shape index (κ2) is 8.43. The Morgan fingerprint density at radius 2 is 1.62 bits per heavy atom. The molecule has 142 valence electrons. The standard InChI is InChI=1S/C20H28N2O4/c1-3-22(4-2)20(24)15-7-5-14(6-8-15)19(23)21-16-9-10-17-18(13-16)26-12-11-25-17/h9-10,13-15H,3-8,11-12H2,1-2H3,(H,21,23). The van der Waals surface area contributed by atoms with Gasteiger partial charge in [0.2, 0.25) is 11.8 Å². The van der Waals surface area contributed by atoms with E-state index in [0.29, 0.717) is 24.7 Å². The number of hydrogen-bond donors (Lipinski definition) is 1. The van der Waals surface area contributed by atoms with Crippen molar-refractivity contribution in [2.75, 3.05) is 31.6 Å². The Bertz CT molecular complexity index is 649. The molecule has 1 N–H and O–H groups in total. The van der Waals surface area contributed by atoms with Crippen molar-refractivity contribution in [1.82, 2.24) is 4.90 Å². The van der Waals surface area contributed by atoms with E-state index >= 15 is 0 Å². The third-order valence-corrected chi connectivity index (χ3v) is 5.33. The maximum absolute atomic E-state index is 12.6. The summed E-state index contributed by atoms with van der Waals surface area (Å²) in [6, 6.07) is 5.46. The molecule has 0 atom stereocenters. The van der Waals surface area contributed by atoms with E-state index in [1.807, 2.05) is 36.9 Å². The summed E-state index contributed by atoms with van der Waals surface area (Å²) in [5.41, 5.74) is 0.723. The summed E-state index contributed by atoms with van der Waals surface area (Å²) < 4.78 is 11.1. The van der Waals surface area contributed by atoms with Gasteiger partial charge in [-0.1, -0.05) is 0 Å². The van der Waals surface area contributed by atoms with Crippen LogP contribution >= 0.6 is 0 Å². The first-order valence-electron chi connectivity index (χ1n) is 9.61. The molecule has 0 radical (unpaired) electrons. The van der Waals surface area contributed by atoms with Crippen LogP contribution in [0.4, 0.5) is 5.69 Å². The number of fused-ring (bicyclic) bond motifs is 1. The maximum Gasteiger partial charge on any atom is 0.227 e. The zero-order chi connectivity index (χ0) is 18.5. The normalized spacial score (nSPS) is 21.8. The average molecular weight is 360 g/mol. The van der Waals surface area contributed by atoms with Crippen LogP contribution in [0.2, 0.25) is 0 Å². The van der Waals surface area contributed by atoms with Gasteiger partial charge in [-0.3, -0.25) is 9.59 Å². The summed E-state index contributed by atoms with van der Waals surface area (Å²) >= 11 is 0. The highest BCUT2D eigenvalue weighted by atomic mass is 16.6. The van der Waals surface area contributed by atoms with E-state index in [-0.39, 0.29) is 23.7 Å². The minimum Gasteiger partial charge on any atom is -0.486 e. The molecule has 0 spiro atoms. The summed E-state index contributed by atoms with van der Waals surface area (Å²) in [6.45, 7) is 6.59. The molecule has 0 bridgehead atoms. The number of carbonyl (C=O) groups excluding carboxylic acids is 2. The first kappa shape index (κ1) is 18.5. The van der Waals surface area contributed by atoms with Crippen LogP contribution in [0.5, 0.6) is 11.5 Å². The van der Waals surface area contributed by atoms with Gasteiger partial charge in [-0.15, -0.1) is 0 Å². The highest BCUT2D eigenvalue weighted by molar-refractivity contribution is 5.93. The van der Waals surface area contributed by atoms with Crippen LogP contribution in [-0.2, 0) is 9.59 Å². The Labute approximate surface area is 154 Å². The fourth-order valence-electron chi connectivity index (χ4n) is 3.76. The summed E-state index contributed by atoms with van der Waals surface area (Å²) in [5, 5.41) is 2.98. The summed E-state index contributed by atoms with van der Waals surface area (Å²) in [6.07, 6.45) is 3.09. The van der Waals surface area contributed by atoms with E-state index in [4.69, 9.17) is 9.47 Å². The largest absolute Gasteiger partial charge is 0.486 e. The smallest absolute Gasteiger partial charge is 0.227 e. The predicted molar refractivity (Wildman–Crippen MR) is 99.4 cm³/mol. The lowest BCUT2D eigenvalue weighted by Crippen LogP contribution is -2.38. The number of ether oxygens (including phenoxy) is 2. The van der Waals surface area contributed by atoms with Crippen molar-refractivity contribution in [3.63, 3.8) is 0 Å². The molecule has 1 aromatic rings. The Morgan fingerprint density at radius 1 is 1.00 bits per heavy atom. The minimum atomic E-state index is -0.0380. The predicted octanol–water partition coefficient (Wildman–Crippen LogP) is 3.07. The number of nitrogens with one attached hydrogen (secondary N) is 1. The number of amides is 2. The second-order valence-corrected chi connectivity index (χ2v) is 6.91. The van der Waals surface area contributed by atoms with Gasteiger partial charge in [0.1, 0.15) is 13.2 Å². The molecule has 1 aliphatic carbocycles. The van der Waals surface area contributed by atoms with Gasteiger partial charge < -0.3 is 19.7 Å². The zero-order valence-corrected chi connectivity index (χ0v) is 15.6. The number of hydrogen-bond acceptors (Lipinski definition) is 4. The Hall–Kier alpha value is -2.24. The van der Waals surface area contributed by atoms with Crippen LogP contribution in [-0.4, -0.2) is 43.0 Å². The number of carbonyl (C=O) groups is 2. The van der Waals surface area contributed by atoms with E-state index in [2.05, 4.69) is 5.32 Å². The van der Waals surface area contributed by atoms with Crippen LogP contribution in [0.15, 0.2) is 18.2 Å². The molecule has 6 heteroatoms. The molecule has 0 aromatic heterocycles. The summed E-state index contributed by atoms with van der Waals surface area (Å²) in [7, 11) is 0. The highest BCUT2D eigenvalue weighted by Crippen LogP contribution is 2.34. The summed E-state index contributed by atoms with van der Waals surface area (Å²) in [5.74, 6) is 1.67. The van der Waals surface area contributed by atoms with Gasteiger partial charge in [-0.25, -0.2) is 0 Å². The van der Waals surface area contributed by atoms with Crippen molar-refractivity contribution < 1.29 is 19.1 Å². The molecule has 0 saturated heterocycles. The van der Waals surface area contributed by atoms with Crippen molar-refractivity contribution in [3.05, 3.63) is 18.2 Å². The van der Waals surface area contributed by atoms with Crippen molar-refractivity contribution in [1.29, 1.82) is 0 Å². The molecule has 6 nitrogen and oxygen atoms in total. The molecule has 2 aliphatic rings. The third kappa shape index (κ3) is 4.11. The highest BCUT2D eigenvalue weighted by Gasteiger charge is 2.31. The first-order valence-corrected chi connectivity index (χ1v) is 9.61. The third-order valence-electron chi connectivity index (χ3n) is 5.33. The fourth-order valence-corrected chi connectivity index (χ4v) is 3.76. The molecule has 1 heterocycles. The van der Waals surface area contributed by atoms with E-state index in [9.17, 15) is 9.59 Å². The zero-order valence-electron chi connectivity index (χ0n) is 15.6. The lowest BCUT2D eigenvalue weighted by molar-refractivity contribution is -0.137. The van der Waals surface area contributed by atoms with Crippen LogP contribution < -0.4 is 14.8 Å². The van der Waals surface area contributed by atoms with Crippen LogP contribution in [0, 0.1) is 11.8 Å². The molecule has 26 heavy (non-hydrogen) atoms. The van der Waals surface area contributed by atoms with Crippen molar-refractivity contribution in [2.24, 2.45) is 11.8 Å². The average Bonchev–Trinajstić information content (AvgIpc) is 2.69. The van der Waals surface area contributed by atoms with Crippen molar-refractivity contribution >= 4 is 17.5 Å². The molecule has 1 aromatic carbocycles. The van der Waals surface area contributed by atoms with Crippen LogP contribution in [0.1, 0.15) is 39.5 Å². The molecule has 1 fully saturated rings. The lowest BCUT2D eigenvalue weighted by Gasteiger charge is -2.30. The Kier molecular flexibility index (Phi) is 6.01. The van der Waals surface area contributed by atoms with Gasteiger partial charge >= 0.3 is 0 Å². The van der Waals surface area contributed by atoms with Crippen molar-refractivity contribution in [3.8, 4) is 11.5 Å². The molecule has 1 saturated carbocycles. The maximum atomic E-state index is 12.6. The monoisotopic (exact) mass is 360 g/mol. The van der Waals surface area contributed by atoms with Gasteiger partial charge in [0.25, 0.3) is 0 Å². The minimum absolute atomic E-state index is 0.0235. The topological polar surface area (TPSA) is 67.9 Å². The van der Waals surface area contributed by atoms with Crippen LogP contribution in [0.25, 0.3) is 0 Å². The van der Waals surface area contributed by atoms with Gasteiger partial charge in [0.05, 0.1) is 0 Å². The first-order chi connectivity index (χ1) is 12.6. The molecular weight excluding hydrogens is 332 g/mol. The lowest BCUT2D eigenvalue weighted by atomic mass is 9.81. The summed E-state index contributed by atoms with van der Waals surface area (Å²) in [4.78, 5) is 26.9.